The minimum Gasteiger partial charge on any atom is -0.455 e. The topological polar surface area (TPSA) is 83.5 Å². The van der Waals surface area contributed by atoms with Crippen molar-refractivity contribution in [3.63, 3.8) is 0 Å². The molecule has 0 aromatic heterocycles. The Morgan fingerprint density at radius 1 is 1.04 bits per heavy atom. The van der Waals surface area contributed by atoms with E-state index < -0.39 is 48.1 Å². The summed E-state index contributed by atoms with van der Waals surface area (Å²) in [4.78, 5) is 12.1. The van der Waals surface area contributed by atoms with Crippen LogP contribution in [0.3, 0.4) is 0 Å². The first kappa shape index (κ1) is 18.1. The van der Waals surface area contributed by atoms with Crippen molar-refractivity contribution in [2.24, 2.45) is 0 Å². The third kappa shape index (κ3) is 2.76. The van der Waals surface area contributed by atoms with E-state index in [4.69, 9.17) is 23.7 Å². The zero-order valence-electron chi connectivity index (χ0n) is 14.8. The molecule has 5 atom stereocenters. The Morgan fingerprint density at radius 2 is 1.67 bits per heavy atom. The van der Waals surface area contributed by atoms with Crippen LogP contribution < -0.4 is 0 Å². The molecule has 3 heterocycles. The van der Waals surface area contributed by atoms with Gasteiger partial charge in [-0.3, -0.25) is 0 Å². The summed E-state index contributed by atoms with van der Waals surface area (Å²) in [6.45, 7) is 8.13. The first-order valence-corrected chi connectivity index (χ1v) is 8.99. The van der Waals surface area contributed by atoms with Gasteiger partial charge in [0.15, 0.2) is 23.8 Å². The molecular weight excluding hydrogens is 316 g/mol. The molecule has 0 bridgehead atoms. The van der Waals surface area contributed by atoms with Gasteiger partial charge in [0.25, 0.3) is 0 Å². The molecule has 0 spiro atoms. The lowest BCUT2D eigenvalue weighted by atomic mass is 10.0. The van der Waals surface area contributed by atoms with Crippen molar-refractivity contribution in [2.75, 3.05) is 6.61 Å². The second kappa shape index (κ2) is 6.53. The van der Waals surface area contributed by atoms with Crippen molar-refractivity contribution in [1.29, 1.82) is 0 Å². The maximum atomic E-state index is 12.1. The van der Waals surface area contributed by atoms with Gasteiger partial charge in [0, 0.05) is 0 Å². The minimum absolute atomic E-state index is 0.266. The highest BCUT2D eigenvalue weighted by atomic mass is 16.8. The fourth-order valence-corrected chi connectivity index (χ4v) is 3.75. The van der Waals surface area contributed by atoms with E-state index in [0.717, 1.165) is 0 Å². The van der Waals surface area contributed by atoms with Gasteiger partial charge in [-0.15, -0.1) is 0 Å². The zero-order valence-corrected chi connectivity index (χ0v) is 14.8. The van der Waals surface area contributed by atoms with Gasteiger partial charge in [0.05, 0.1) is 6.61 Å². The van der Waals surface area contributed by atoms with Gasteiger partial charge in [0.2, 0.25) is 0 Å². The summed E-state index contributed by atoms with van der Waals surface area (Å²) in [6.07, 6.45) is -1.13. The highest BCUT2D eigenvalue weighted by molar-refractivity contribution is 5.78. The Kier molecular flexibility index (Phi) is 4.92. The highest BCUT2D eigenvalue weighted by Gasteiger charge is 2.61. The molecule has 7 heteroatoms. The maximum Gasteiger partial charge on any atom is 0.338 e. The number of aliphatic hydroxyl groups excluding tert-OH is 1. The molecule has 0 unspecified atom stereocenters. The van der Waals surface area contributed by atoms with Crippen molar-refractivity contribution in [3.05, 3.63) is 0 Å². The Labute approximate surface area is 142 Å². The van der Waals surface area contributed by atoms with E-state index in [-0.39, 0.29) is 6.61 Å². The zero-order chi connectivity index (χ0) is 17.5. The standard InChI is InChI=1S/C17H28O7/c1-5-16(6-2)20-9-10(22-16)11(18)12-13-14(15(19)21-12)24-17(7-3,8-4)23-13/h10-14,18H,5-9H2,1-4H3/t10-,11+,12-,13-,14-/m1/s1. The van der Waals surface area contributed by atoms with Crippen LogP contribution in [0.1, 0.15) is 53.4 Å². The van der Waals surface area contributed by atoms with Crippen LogP contribution in [0.25, 0.3) is 0 Å². The molecule has 138 valence electrons. The largest absolute Gasteiger partial charge is 0.455 e. The van der Waals surface area contributed by atoms with E-state index in [2.05, 4.69) is 0 Å². The average Bonchev–Trinajstić information content (AvgIpc) is 3.28. The number of carbonyl (C=O) groups is 1. The molecule has 24 heavy (non-hydrogen) atoms. The van der Waals surface area contributed by atoms with Crippen molar-refractivity contribution in [2.45, 2.75) is 95.5 Å². The van der Waals surface area contributed by atoms with Crippen LogP contribution in [0.15, 0.2) is 0 Å². The molecule has 0 aromatic rings. The summed E-state index contributed by atoms with van der Waals surface area (Å²) < 4.78 is 28.9. The fraction of sp³-hybridized carbons (Fsp3) is 0.941. The normalized spacial score (nSPS) is 38.1. The Bertz CT molecular complexity index is 472. The fourth-order valence-electron chi connectivity index (χ4n) is 3.75. The number of carbonyl (C=O) groups excluding carboxylic acids is 1. The maximum absolute atomic E-state index is 12.1. The van der Waals surface area contributed by atoms with Crippen LogP contribution in [0.5, 0.6) is 0 Å². The minimum atomic E-state index is -1.02. The summed E-state index contributed by atoms with van der Waals surface area (Å²) in [6, 6.07) is 0. The molecule has 0 aliphatic carbocycles. The van der Waals surface area contributed by atoms with E-state index in [1.165, 1.54) is 0 Å². The molecule has 7 nitrogen and oxygen atoms in total. The number of fused-ring (bicyclic) bond motifs is 1. The summed E-state index contributed by atoms with van der Waals surface area (Å²) in [7, 11) is 0. The number of aliphatic hydroxyl groups is 1. The lowest BCUT2D eigenvalue weighted by Gasteiger charge is -2.30. The second-order valence-electron chi connectivity index (χ2n) is 6.72. The summed E-state index contributed by atoms with van der Waals surface area (Å²) in [5.41, 5.74) is 0. The van der Waals surface area contributed by atoms with Crippen LogP contribution in [0, 0.1) is 0 Å². The van der Waals surface area contributed by atoms with Crippen LogP contribution in [0.4, 0.5) is 0 Å². The molecule has 0 amide bonds. The van der Waals surface area contributed by atoms with Crippen molar-refractivity contribution in [1.82, 2.24) is 0 Å². The smallest absolute Gasteiger partial charge is 0.338 e. The van der Waals surface area contributed by atoms with E-state index in [1.54, 1.807) is 0 Å². The number of hydrogen-bond acceptors (Lipinski definition) is 7. The SMILES string of the molecule is CCC1(CC)OC[C@H]([C@H](O)[C@H]2OC(=O)[C@@H]3OC(CC)(CC)O[C@H]23)O1. The summed E-state index contributed by atoms with van der Waals surface area (Å²) >= 11 is 0. The molecule has 1 N–H and O–H groups in total. The highest BCUT2D eigenvalue weighted by Crippen LogP contribution is 2.42. The molecule has 3 aliphatic rings. The molecular formula is C17H28O7. The van der Waals surface area contributed by atoms with Crippen LogP contribution in [-0.4, -0.2) is 59.8 Å². The van der Waals surface area contributed by atoms with Gasteiger partial charge in [0.1, 0.15) is 18.3 Å². The molecule has 0 saturated carbocycles. The van der Waals surface area contributed by atoms with E-state index in [9.17, 15) is 9.90 Å². The number of cyclic esters (lactones) is 1. The molecule has 3 saturated heterocycles. The predicted octanol–water partition coefficient (Wildman–Crippen LogP) is 1.50. The molecule has 3 aliphatic heterocycles. The number of rotatable bonds is 6. The Morgan fingerprint density at radius 3 is 2.21 bits per heavy atom. The lowest BCUT2D eigenvalue weighted by molar-refractivity contribution is -0.221. The van der Waals surface area contributed by atoms with Crippen molar-refractivity contribution < 1.29 is 33.6 Å². The average molecular weight is 344 g/mol. The lowest BCUT2D eigenvalue weighted by Crippen LogP contribution is -2.46. The van der Waals surface area contributed by atoms with Gasteiger partial charge in [-0.1, -0.05) is 27.7 Å². The first-order chi connectivity index (χ1) is 11.4. The summed E-state index contributed by atoms with van der Waals surface area (Å²) in [5.74, 6) is -1.93. The molecule has 3 rings (SSSR count). The van der Waals surface area contributed by atoms with Gasteiger partial charge in [-0.05, 0) is 25.7 Å². The van der Waals surface area contributed by atoms with E-state index >= 15 is 0 Å². The molecule has 0 radical (unpaired) electrons. The number of ether oxygens (including phenoxy) is 5. The van der Waals surface area contributed by atoms with Crippen LogP contribution in [-0.2, 0) is 28.5 Å². The number of esters is 1. The summed E-state index contributed by atoms with van der Waals surface area (Å²) in [5, 5.41) is 10.7. The van der Waals surface area contributed by atoms with Crippen LogP contribution in [0.2, 0.25) is 0 Å². The van der Waals surface area contributed by atoms with Crippen molar-refractivity contribution >= 4 is 5.97 Å². The number of hydrogen-bond donors (Lipinski definition) is 1. The van der Waals surface area contributed by atoms with Gasteiger partial charge < -0.3 is 28.8 Å². The van der Waals surface area contributed by atoms with E-state index in [1.807, 2.05) is 27.7 Å². The third-order valence-electron chi connectivity index (χ3n) is 5.55. The third-order valence-corrected chi connectivity index (χ3v) is 5.55. The van der Waals surface area contributed by atoms with Gasteiger partial charge in [-0.2, -0.15) is 0 Å². The predicted molar refractivity (Wildman–Crippen MR) is 83.1 cm³/mol. The Hall–Kier alpha value is -0.730. The van der Waals surface area contributed by atoms with Crippen molar-refractivity contribution in [3.8, 4) is 0 Å². The van der Waals surface area contributed by atoms with E-state index in [0.29, 0.717) is 25.7 Å². The first-order valence-electron chi connectivity index (χ1n) is 8.99. The monoisotopic (exact) mass is 344 g/mol. The second-order valence-corrected chi connectivity index (χ2v) is 6.72. The van der Waals surface area contributed by atoms with Gasteiger partial charge in [-0.25, -0.2) is 4.79 Å². The molecule has 3 fully saturated rings. The quantitative estimate of drug-likeness (QED) is 0.731. The van der Waals surface area contributed by atoms with Crippen LogP contribution >= 0.6 is 0 Å². The Balaban J connectivity index is 1.72. The van der Waals surface area contributed by atoms with Gasteiger partial charge >= 0.3 is 5.97 Å². The molecule has 0 aromatic carbocycles.